The summed E-state index contributed by atoms with van der Waals surface area (Å²) in [5.74, 6) is -1.02. The van der Waals surface area contributed by atoms with E-state index in [2.05, 4.69) is 21.2 Å². The largest absolute Gasteiger partial charge is 0.481 e. The van der Waals surface area contributed by atoms with Crippen molar-refractivity contribution in [2.24, 2.45) is 0 Å². The second-order valence-electron chi connectivity index (χ2n) is 3.95. The summed E-state index contributed by atoms with van der Waals surface area (Å²) in [5, 5.41) is 11.3. The van der Waals surface area contributed by atoms with Crippen molar-refractivity contribution in [2.45, 2.75) is 32.6 Å². The van der Waals surface area contributed by atoms with Crippen LogP contribution in [0.2, 0.25) is 0 Å². The fraction of sp³-hybridized carbons (Fsp3) is 0.385. The summed E-state index contributed by atoms with van der Waals surface area (Å²) < 4.78 is 0.975. The Morgan fingerprint density at radius 3 is 2.67 bits per heavy atom. The number of aliphatic carboxylic acids is 1. The van der Waals surface area contributed by atoms with E-state index >= 15 is 0 Å². The lowest BCUT2D eigenvalue weighted by Gasteiger charge is -2.10. The molecule has 5 heteroatoms. The zero-order chi connectivity index (χ0) is 13.5. The Kier molecular flexibility index (Phi) is 5.85. The Morgan fingerprint density at radius 2 is 2.06 bits per heavy atom. The molecule has 0 heterocycles. The van der Waals surface area contributed by atoms with Crippen LogP contribution >= 0.6 is 15.9 Å². The minimum Gasteiger partial charge on any atom is -0.481 e. The van der Waals surface area contributed by atoms with Gasteiger partial charge >= 0.3 is 5.97 Å². The number of carbonyl (C=O) groups is 2. The molecule has 0 fully saturated rings. The molecule has 2 N–H and O–H groups in total. The number of aryl methyl sites for hydroxylation is 1. The fourth-order valence-electron chi connectivity index (χ4n) is 1.59. The van der Waals surface area contributed by atoms with Gasteiger partial charge in [-0.25, -0.2) is 0 Å². The molecule has 0 saturated heterocycles. The van der Waals surface area contributed by atoms with E-state index in [-0.39, 0.29) is 18.7 Å². The van der Waals surface area contributed by atoms with Crippen LogP contribution in [0.1, 0.15) is 31.7 Å². The van der Waals surface area contributed by atoms with Crippen molar-refractivity contribution >= 4 is 33.5 Å². The number of anilines is 1. The molecule has 0 saturated carbocycles. The van der Waals surface area contributed by atoms with E-state index in [1.54, 1.807) is 0 Å². The van der Waals surface area contributed by atoms with Crippen LogP contribution in [0, 0.1) is 0 Å². The van der Waals surface area contributed by atoms with E-state index in [4.69, 9.17) is 5.11 Å². The molecule has 0 aromatic heterocycles. The number of benzene rings is 1. The van der Waals surface area contributed by atoms with Gasteiger partial charge in [0, 0.05) is 23.0 Å². The Labute approximate surface area is 115 Å². The zero-order valence-corrected chi connectivity index (χ0v) is 11.8. The second-order valence-corrected chi connectivity index (χ2v) is 4.87. The summed E-state index contributed by atoms with van der Waals surface area (Å²) in [7, 11) is 0. The normalized spacial score (nSPS) is 10.1. The molecule has 0 atom stereocenters. The standard InChI is InChI=1S/C13H16BrNO3/c1-2-9-8-10(14)6-7-11(9)15-12(16)4-3-5-13(17)18/h6-8H,2-5H2,1H3,(H,15,16)(H,17,18). The fourth-order valence-corrected chi connectivity index (χ4v) is 2.00. The maximum atomic E-state index is 11.6. The van der Waals surface area contributed by atoms with Gasteiger partial charge in [-0.3, -0.25) is 9.59 Å². The van der Waals surface area contributed by atoms with Gasteiger partial charge in [0.05, 0.1) is 0 Å². The van der Waals surface area contributed by atoms with Crippen molar-refractivity contribution in [3.05, 3.63) is 28.2 Å². The number of carboxylic acid groups (broad SMARTS) is 1. The minimum absolute atomic E-state index is 0.0222. The number of halogens is 1. The van der Waals surface area contributed by atoms with E-state index in [1.165, 1.54) is 0 Å². The molecule has 0 radical (unpaired) electrons. The van der Waals surface area contributed by atoms with Crippen LogP contribution in [0.15, 0.2) is 22.7 Å². The topological polar surface area (TPSA) is 66.4 Å². The number of rotatable bonds is 6. The number of nitrogens with one attached hydrogen (secondary N) is 1. The molecule has 0 aliphatic rings. The molecule has 98 valence electrons. The molecule has 0 spiro atoms. The molecular formula is C13H16BrNO3. The van der Waals surface area contributed by atoms with Gasteiger partial charge in [-0.1, -0.05) is 22.9 Å². The number of carboxylic acids is 1. The Balaban J connectivity index is 2.56. The third kappa shape index (κ3) is 4.87. The van der Waals surface area contributed by atoms with E-state index < -0.39 is 5.97 Å². The van der Waals surface area contributed by atoms with Gasteiger partial charge in [-0.05, 0) is 36.6 Å². The van der Waals surface area contributed by atoms with Crippen LogP contribution in [0.4, 0.5) is 5.69 Å². The van der Waals surface area contributed by atoms with E-state index in [9.17, 15) is 9.59 Å². The van der Waals surface area contributed by atoms with Crippen LogP contribution < -0.4 is 5.32 Å². The summed E-state index contributed by atoms with van der Waals surface area (Å²) >= 11 is 3.38. The first-order chi connectivity index (χ1) is 8.52. The quantitative estimate of drug-likeness (QED) is 0.847. The van der Waals surface area contributed by atoms with E-state index in [0.717, 1.165) is 22.1 Å². The van der Waals surface area contributed by atoms with Gasteiger partial charge in [0.15, 0.2) is 0 Å². The maximum Gasteiger partial charge on any atom is 0.303 e. The first-order valence-corrected chi connectivity index (χ1v) is 6.62. The highest BCUT2D eigenvalue weighted by atomic mass is 79.9. The highest BCUT2D eigenvalue weighted by Gasteiger charge is 2.07. The average molecular weight is 314 g/mol. The Hall–Kier alpha value is -1.36. The molecule has 4 nitrogen and oxygen atoms in total. The van der Waals surface area contributed by atoms with Gasteiger partial charge in [0.2, 0.25) is 5.91 Å². The lowest BCUT2D eigenvalue weighted by atomic mass is 10.1. The van der Waals surface area contributed by atoms with Gasteiger partial charge in [0.25, 0.3) is 0 Å². The van der Waals surface area contributed by atoms with Gasteiger partial charge in [0.1, 0.15) is 0 Å². The van der Waals surface area contributed by atoms with Crippen LogP contribution in [-0.2, 0) is 16.0 Å². The number of amides is 1. The van der Waals surface area contributed by atoms with Gasteiger partial charge < -0.3 is 10.4 Å². The molecule has 1 aromatic carbocycles. The van der Waals surface area contributed by atoms with Gasteiger partial charge in [-0.15, -0.1) is 0 Å². The predicted octanol–water partition coefficient (Wildman–Crippen LogP) is 3.20. The molecule has 0 aliphatic heterocycles. The summed E-state index contributed by atoms with van der Waals surface area (Å²) in [4.78, 5) is 22.0. The number of hydrogen-bond donors (Lipinski definition) is 2. The first-order valence-electron chi connectivity index (χ1n) is 5.83. The summed E-state index contributed by atoms with van der Waals surface area (Å²) in [6.45, 7) is 2.02. The monoisotopic (exact) mass is 313 g/mol. The molecular weight excluding hydrogens is 298 g/mol. The van der Waals surface area contributed by atoms with E-state index in [1.807, 2.05) is 25.1 Å². The first kappa shape index (κ1) is 14.7. The summed E-state index contributed by atoms with van der Waals surface area (Å²) in [6.07, 6.45) is 1.43. The highest BCUT2D eigenvalue weighted by Crippen LogP contribution is 2.21. The third-order valence-corrected chi connectivity index (χ3v) is 3.01. The lowest BCUT2D eigenvalue weighted by Crippen LogP contribution is -2.13. The molecule has 1 amide bonds. The lowest BCUT2D eigenvalue weighted by molar-refractivity contribution is -0.137. The van der Waals surface area contributed by atoms with Crippen molar-refractivity contribution in [3.63, 3.8) is 0 Å². The SMILES string of the molecule is CCc1cc(Br)ccc1NC(=O)CCCC(=O)O. The van der Waals surface area contributed by atoms with Crippen LogP contribution in [-0.4, -0.2) is 17.0 Å². The second kappa shape index (κ2) is 7.16. The summed E-state index contributed by atoms with van der Waals surface area (Å²) in [6, 6.07) is 5.68. The molecule has 0 aliphatic carbocycles. The van der Waals surface area contributed by atoms with Crippen LogP contribution in [0.25, 0.3) is 0 Å². The third-order valence-electron chi connectivity index (χ3n) is 2.52. The van der Waals surface area contributed by atoms with Crippen molar-refractivity contribution in [1.82, 2.24) is 0 Å². The Morgan fingerprint density at radius 1 is 1.33 bits per heavy atom. The minimum atomic E-state index is -0.874. The summed E-state index contributed by atoms with van der Waals surface area (Å²) in [5.41, 5.74) is 1.84. The zero-order valence-electron chi connectivity index (χ0n) is 10.2. The molecule has 0 bridgehead atoms. The van der Waals surface area contributed by atoms with E-state index in [0.29, 0.717) is 6.42 Å². The van der Waals surface area contributed by atoms with Crippen molar-refractivity contribution in [2.75, 3.05) is 5.32 Å². The predicted molar refractivity (Wildman–Crippen MR) is 73.6 cm³/mol. The molecule has 0 unspecified atom stereocenters. The van der Waals surface area contributed by atoms with Crippen LogP contribution in [0.3, 0.4) is 0 Å². The van der Waals surface area contributed by atoms with Gasteiger partial charge in [-0.2, -0.15) is 0 Å². The number of hydrogen-bond acceptors (Lipinski definition) is 2. The Bertz CT molecular complexity index is 446. The number of carbonyl (C=O) groups excluding carboxylic acids is 1. The average Bonchev–Trinajstić information content (AvgIpc) is 2.31. The van der Waals surface area contributed by atoms with Crippen molar-refractivity contribution < 1.29 is 14.7 Å². The van der Waals surface area contributed by atoms with Crippen molar-refractivity contribution in [3.8, 4) is 0 Å². The smallest absolute Gasteiger partial charge is 0.303 e. The van der Waals surface area contributed by atoms with Crippen LogP contribution in [0.5, 0.6) is 0 Å². The molecule has 18 heavy (non-hydrogen) atoms. The molecule has 1 aromatic rings. The van der Waals surface area contributed by atoms with Crippen molar-refractivity contribution in [1.29, 1.82) is 0 Å². The maximum absolute atomic E-state index is 11.6. The molecule has 1 rings (SSSR count). The highest BCUT2D eigenvalue weighted by molar-refractivity contribution is 9.10.